The van der Waals surface area contributed by atoms with Crippen LogP contribution in [0.25, 0.3) is 0 Å². The zero-order valence-corrected chi connectivity index (χ0v) is 12.3. The van der Waals surface area contributed by atoms with Crippen LogP contribution in [-0.2, 0) is 16.0 Å². The first-order chi connectivity index (χ1) is 10.8. The minimum absolute atomic E-state index is 0.0540. The molecule has 0 aromatic carbocycles. The first-order valence-electron chi connectivity index (χ1n) is 7.14. The van der Waals surface area contributed by atoms with Gasteiger partial charge in [0.25, 0.3) is 5.88 Å². The lowest BCUT2D eigenvalue weighted by Gasteiger charge is -2.35. The maximum Gasteiger partial charge on any atom is 0.254 e. The van der Waals surface area contributed by atoms with E-state index in [9.17, 15) is 4.79 Å². The highest BCUT2D eigenvalue weighted by Gasteiger charge is 2.29. The minimum Gasteiger partial charge on any atom is -0.479 e. The first-order valence-corrected chi connectivity index (χ1v) is 7.14. The molecule has 1 aliphatic rings. The van der Waals surface area contributed by atoms with Crippen molar-refractivity contribution < 1.29 is 18.8 Å². The van der Waals surface area contributed by atoms with Crippen LogP contribution in [0.15, 0.2) is 22.9 Å². The van der Waals surface area contributed by atoms with Gasteiger partial charge in [0.05, 0.1) is 32.1 Å². The summed E-state index contributed by atoms with van der Waals surface area (Å²) in [6, 6.07) is 3.44. The monoisotopic (exact) mass is 306 g/mol. The van der Waals surface area contributed by atoms with Gasteiger partial charge in [0.1, 0.15) is 5.76 Å². The Balaban J connectivity index is 1.62. The van der Waals surface area contributed by atoms with Crippen LogP contribution in [0.2, 0.25) is 0 Å². The Morgan fingerprint density at radius 3 is 3.23 bits per heavy atom. The van der Waals surface area contributed by atoms with Crippen LogP contribution < -0.4 is 4.74 Å². The Morgan fingerprint density at radius 2 is 2.50 bits per heavy atom. The summed E-state index contributed by atoms with van der Waals surface area (Å²) < 4.78 is 15.5. The van der Waals surface area contributed by atoms with Crippen molar-refractivity contribution in [2.24, 2.45) is 0 Å². The number of morpholine rings is 1. The quantitative estimate of drug-likeness (QED) is 0.883. The topological polar surface area (TPSA) is 93.5 Å². The number of aromatic amines is 1. The van der Waals surface area contributed by atoms with E-state index in [-0.39, 0.29) is 11.9 Å². The maximum atomic E-state index is 12.5. The summed E-state index contributed by atoms with van der Waals surface area (Å²) in [4.78, 5) is 14.3. The molecule has 3 heterocycles. The number of hydrogen-bond acceptors (Lipinski definition) is 6. The molecule has 2 aromatic heterocycles. The van der Waals surface area contributed by atoms with E-state index in [0.717, 1.165) is 5.69 Å². The summed E-state index contributed by atoms with van der Waals surface area (Å²) in [7, 11) is 1.52. The normalized spacial score (nSPS) is 18.4. The number of nitrogens with zero attached hydrogens (tertiary/aromatic N) is 3. The molecule has 22 heavy (non-hydrogen) atoms. The van der Waals surface area contributed by atoms with Gasteiger partial charge in [-0.25, -0.2) is 0 Å². The number of carbonyl (C=O) groups excluding carboxylic acids is 1. The Labute approximate surface area is 127 Å². The molecule has 8 heteroatoms. The predicted molar refractivity (Wildman–Crippen MR) is 75.2 cm³/mol. The molecule has 1 saturated heterocycles. The molecule has 1 fully saturated rings. The van der Waals surface area contributed by atoms with Crippen molar-refractivity contribution >= 4 is 5.91 Å². The lowest BCUT2D eigenvalue weighted by Crippen LogP contribution is -2.43. The largest absolute Gasteiger partial charge is 0.479 e. The van der Waals surface area contributed by atoms with Gasteiger partial charge in [0, 0.05) is 31.6 Å². The molecule has 118 valence electrons. The number of rotatable bonds is 5. The van der Waals surface area contributed by atoms with Crippen LogP contribution in [-0.4, -0.2) is 53.0 Å². The molecule has 1 amide bonds. The van der Waals surface area contributed by atoms with Crippen molar-refractivity contribution in [3.63, 3.8) is 0 Å². The average Bonchev–Trinajstić information content (AvgIpc) is 3.24. The van der Waals surface area contributed by atoms with Crippen LogP contribution in [0.3, 0.4) is 0 Å². The second kappa shape index (κ2) is 6.61. The fraction of sp³-hybridized carbons (Fsp3) is 0.500. The van der Waals surface area contributed by atoms with Crippen LogP contribution >= 0.6 is 0 Å². The number of nitrogens with one attached hydrogen (secondary N) is 1. The van der Waals surface area contributed by atoms with Gasteiger partial charge in [-0.1, -0.05) is 0 Å². The second-order valence-corrected chi connectivity index (χ2v) is 5.03. The van der Waals surface area contributed by atoms with E-state index in [1.807, 2.05) is 11.0 Å². The molecule has 1 N–H and O–H groups in total. The molecule has 0 saturated carbocycles. The van der Waals surface area contributed by atoms with Crippen molar-refractivity contribution in [3.05, 3.63) is 29.8 Å². The Hall–Kier alpha value is -2.35. The third-order valence-electron chi connectivity index (χ3n) is 3.66. The lowest BCUT2D eigenvalue weighted by molar-refractivity contribution is -0.140. The van der Waals surface area contributed by atoms with Gasteiger partial charge in [-0.2, -0.15) is 5.10 Å². The molecule has 1 aliphatic heterocycles. The molecule has 2 aromatic rings. The van der Waals surface area contributed by atoms with Gasteiger partial charge in [0.15, 0.2) is 0 Å². The van der Waals surface area contributed by atoms with Gasteiger partial charge in [-0.3, -0.25) is 9.89 Å². The highest BCUT2D eigenvalue weighted by molar-refractivity contribution is 5.77. The Morgan fingerprint density at radius 1 is 1.59 bits per heavy atom. The van der Waals surface area contributed by atoms with E-state index in [4.69, 9.17) is 14.0 Å². The molecule has 3 rings (SSSR count). The lowest BCUT2D eigenvalue weighted by atomic mass is 10.1. The highest BCUT2D eigenvalue weighted by atomic mass is 16.5. The minimum atomic E-state index is -0.118. The molecule has 0 bridgehead atoms. The molecule has 1 unspecified atom stereocenters. The van der Waals surface area contributed by atoms with Crippen LogP contribution in [0.1, 0.15) is 23.9 Å². The Kier molecular flexibility index (Phi) is 4.38. The fourth-order valence-corrected chi connectivity index (χ4v) is 2.49. The van der Waals surface area contributed by atoms with E-state index in [1.54, 1.807) is 12.3 Å². The summed E-state index contributed by atoms with van der Waals surface area (Å²) in [6.45, 7) is 1.60. The number of amides is 1. The van der Waals surface area contributed by atoms with Gasteiger partial charge < -0.3 is 18.9 Å². The zero-order chi connectivity index (χ0) is 15.4. The van der Waals surface area contributed by atoms with Gasteiger partial charge in [0.2, 0.25) is 5.91 Å². The van der Waals surface area contributed by atoms with E-state index < -0.39 is 0 Å². The number of methoxy groups -OCH3 is 1. The summed E-state index contributed by atoms with van der Waals surface area (Å²) in [6.07, 6.45) is 2.51. The van der Waals surface area contributed by atoms with Crippen molar-refractivity contribution in [2.75, 3.05) is 26.9 Å². The molecule has 1 atom stereocenters. The number of ether oxygens (including phenoxy) is 2. The molecular weight excluding hydrogens is 288 g/mol. The van der Waals surface area contributed by atoms with Gasteiger partial charge in [-0.05, 0) is 11.2 Å². The van der Waals surface area contributed by atoms with Crippen molar-refractivity contribution in [1.29, 1.82) is 0 Å². The number of hydrogen-bond donors (Lipinski definition) is 1. The van der Waals surface area contributed by atoms with E-state index in [0.29, 0.717) is 44.2 Å². The first kappa shape index (κ1) is 14.6. The number of aromatic nitrogens is 3. The molecule has 8 nitrogen and oxygen atoms in total. The molecule has 0 radical (unpaired) electrons. The van der Waals surface area contributed by atoms with Crippen molar-refractivity contribution in [2.45, 2.75) is 18.9 Å². The van der Waals surface area contributed by atoms with Crippen LogP contribution in [0.4, 0.5) is 0 Å². The number of aryl methyl sites for hydroxylation is 1. The highest BCUT2D eigenvalue weighted by Crippen LogP contribution is 2.23. The van der Waals surface area contributed by atoms with Gasteiger partial charge >= 0.3 is 0 Å². The summed E-state index contributed by atoms with van der Waals surface area (Å²) >= 11 is 0. The summed E-state index contributed by atoms with van der Waals surface area (Å²) in [5, 5.41) is 10.6. The standard InChI is InChI=1S/C14H18N4O4/c1-20-13-8-10(22-17-13)2-3-14(19)18-6-7-21-9-12(18)11-4-5-15-16-11/h4-5,8,12H,2-3,6-7,9H2,1H3,(H,15,16). The predicted octanol–water partition coefficient (Wildman–Crippen LogP) is 0.939. The van der Waals surface area contributed by atoms with Crippen molar-refractivity contribution in [3.8, 4) is 5.88 Å². The average molecular weight is 306 g/mol. The van der Waals surface area contributed by atoms with Gasteiger partial charge in [-0.15, -0.1) is 0 Å². The number of H-pyrrole nitrogens is 1. The SMILES string of the molecule is COc1cc(CCC(=O)N2CCOCC2c2ccn[nH]2)on1. The fourth-order valence-electron chi connectivity index (χ4n) is 2.49. The molecule has 0 spiro atoms. The zero-order valence-electron chi connectivity index (χ0n) is 12.3. The number of carbonyl (C=O) groups is 1. The van der Waals surface area contributed by atoms with Crippen molar-refractivity contribution in [1.82, 2.24) is 20.3 Å². The third kappa shape index (κ3) is 3.11. The van der Waals surface area contributed by atoms with Crippen LogP contribution in [0, 0.1) is 0 Å². The smallest absolute Gasteiger partial charge is 0.254 e. The Bertz CT molecular complexity index is 610. The summed E-state index contributed by atoms with van der Waals surface area (Å²) in [5.74, 6) is 1.11. The van der Waals surface area contributed by atoms with E-state index >= 15 is 0 Å². The second-order valence-electron chi connectivity index (χ2n) is 5.03. The molecular formula is C14H18N4O4. The van der Waals surface area contributed by atoms with E-state index in [1.165, 1.54) is 7.11 Å². The van der Waals surface area contributed by atoms with Crippen LogP contribution in [0.5, 0.6) is 5.88 Å². The molecule has 0 aliphatic carbocycles. The third-order valence-corrected chi connectivity index (χ3v) is 3.66. The maximum absolute atomic E-state index is 12.5. The summed E-state index contributed by atoms with van der Waals surface area (Å²) in [5.41, 5.74) is 0.884. The van der Waals surface area contributed by atoms with E-state index in [2.05, 4.69) is 15.4 Å².